The molecule has 0 saturated carbocycles. The molecule has 0 aliphatic heterocycles. The van der Waals surface area contributed by atoms with Gasteiger partial charge >= 0.3 is 0 Å². The summed E-state index contributed by atoms with van der Waals surface area (Å²) < 4.78 is 7.33. The van der Waals surface area contributed by atoms with Gasteiger partial charge in [-0.1, -0.05) is 121 Å². The molecule has 0 atom stereocenters. The summed E-state index contributed by atoms with van der Waals surface area (Å²) in [5, 5.41) is 8.51. The van der Waals surface area contributed by atoms with E-state index in [4.69, 9.17) is 9.97 Å². The van der Waals surface area contributed by atoms with Gasteiger partial charge in [0.05, 0.1) is 33.3 Å². The van der Waals surface area contributed by atoms with Gasteiger partial charge in [0.15, 0.2) is 0 Å². The lowest BCUT2D eigenvalue weighted by Gasteiger charge is -2.20. The predicted molar refractivity (Wildman–Crippen MR) is 249 cm³/mol. The third kappa shape index (κ3) is 4.83. The number of thiophene rings is 1. The number of aromatic nitrogens is 4. The number of benzene rings is 8. The van der Waals surface area contributed by atoms with E-state index < -0.39 is 0 Å². The SMILES string of the molecule is C1=Cc2c(c(-c3ccc4c5ccccc5n(-c5ccccc5)c4c3)cc3c4ccccc4n(-c4nc(-c5ccc6sc7ccccc7c6c5)c5ccccc5n4)c23)CC1. The number of hydrogen-bond donors (Lipinski definition) is 0. The summed E-state index contributed by atoms with van der Waals surface area (Å²) in [6, 6.07) is 61.7. The van der Waals surface area contributed by atoms with E-state index in [1.807, 2.05) is 11.3 Å². The Morgan fingerprint density at radius 2 is 1.15 bits per heavy atom. The first-order valence-electron chi connectivity index (χ1n) is 20.3. The number of rotatable bonds is 4. The Hall–Kier alpha value is -7.34. The predicted octanol–water partition coefficient (Wildman–Crippen LogP) is 14.5. The summed E-state index contributed by atoms with van der Waals surface area (Å²) in [5.74, 6) is 0.683. The summed E-state index contributed by atoms with van der Waals surface area (Å²) >= 11 is 1.84. The molecule has 0 fully saturated rings. The van der Waals surface area contributed by atoms with Crippen LogP contribution in [0, 0.1) is 0 Å². The molecule has 8 aromatic carbocycles. The zero-order chi connectivity index (χ0) is 38.6. The van der Waals surface area contributed by atoms with E-state index in [2.05, 4.69) is 191 Å². The van der Waals surface area contributed by atoms with Gasteiger partial charge in [-0.15, -0.1) is 11.3 Å². The van der Waals surface area contributed by atoms with Crippen molar-refractivity contribution in [3.63, 3.8) is 0 Å². The number of para-hydroxylation sites is 4. The van der Waals surface area contributed by atoms with Gasteiger partial charge in [0.2, 0.25) is 5.95 Å². The van der Waals surface area contributed by atoms with E-state index in [0.717, 1.165) is 51.7 Å². The highest BCUT2D eigenvalue weighted by Crippen LogP contribution is 2.44. The summed E-state index contributed by atoms with van der Waals surface area (Å²) in [6.45, 7) is 0. The number of fused-ring (bicyclic) bond motifs is 12. The molecule has 1 aliphatic rings. The summed E-state index contributed by atoms with van der Waals surface area (Å²) in [4.78, 5) is 10.9. The van der Waals surface area contributed by atoms with Crippen molar-refractivity contribution in [3.05, 3.63) is 187 Å². The standard InChI is InChI=1S/C54H34N4S/c1-2-14-35(15-3-1)57-47-23-11-7-17-37(47)39-28-26-33(31-49(39)57)43-32-45-38-18-8-12-24-48(38)58(53(45)41-20-5-4-16-36(41)43)54-55-46-22-10-6-21-42(46)52(56-54)34-27-29-51-44(30-34)40-19-9-13-25-50(40)59-51/h1-3,5-15,17-32H,4,16H2. The molecule has 0 N–H and O–H groups in total. The van der Waals surface area contributed by atoms with Crippen LogP contribution in [0.1, 0.15) is 17.5 Å². The fraction of sp³-hybridized carbons (Fsp3) is 0.0370. The first-order valence-corrected chi connectivity index (χ1v) is 21.1. The van der Waals surface area contributed by atoms with E-state index in [9.17, 15) is 0 Å². The van der Waals surface area contributed by atoms with Crippen LogP contribution in [-0.4, -0.2) is 19.1 Å². The van der Waals surface area contributed by atoms with Crippen molar-refractivity contribution in [1.82, 2.24) is 19.1 Å². The van der Waals surface area contributed by atoms with Crippen molar-refractivity contribution in [2.75, 3.05) is 0 Å². The van der Waals surface area contributed by atoms with Gasteiger partial charge in [0.25, 0.3) is 0 Å². The molecule has 4 aromatic heterocycles. The molecule has 5 heteroatoms. The van der Waals surface area contributed by atoms with Crippen molar-refractivity contribution < 1.29 is 0 Å². The molecule has 0 spiro atoms. The minimum atomic E-state index is 0.683. The van der Waals surface area contributed by atoms with Gasteiger partial charge in [-0.3, -0.25) is 4.57 Å². The van der Waals surface area contributed by atoms with Crippen LogP contribution < -0.4 is 0 Å². The lowest BCUT2D eigenvalue weighted by atomic mass is 9.87. The van der Waals surface area contributed by atoms with Crippen LogP contribution in [-0.2, 0) is 6.42 Å². The summed E-state index contributed by atoms with van der Waals surface area (Å²) in [6.07, 6.45) is 6.62. The minimum Gasteiger partial charge on any atom is -0.309 e. The maximum absolute atomic E-state index is 5.54. The average molecular weight is 771 g/mol. The van der Waals surface area contributed by atoms with E-state index >= 15 is 0 Å². The van der Waals surface area contributed by atoms with Gasteiger partial charge < -0.3 is 4.57 Å². The Bertz CT molecular complexity index is 3730. The number of nitrogens with zero attached hydrogens (tertiary/aromatic N) is 4. The van der Waals surface area contributed by atoms with Crippen LogP contribution in [0.25, 0.3) is 115 Å². The van der Waals surface area contributed by atoms with Crippen molar-refractivity contribution in [1.29, 1.82) is 0 Å². The maximum Gasteiger partial charge on any atom is 0.235 e. The second kappa shape index (κ2) is 12.6. The van der Waals surface area contributed by atoms with E-state index in [1.165, 1.54) is 75.0 Å². The lowest BCUT2D eigenvalue weighted by molar-refractivity contribution is 0.978. The highest BCUT2D eigenvalue weighted by molar-refractivity contribution is 7.25. The molecule has 0 saturated heterocycles. The summed E-state index contributed by atoms with van der Waals surface area (Å²) in [7, 11) is 0. The Labute approximate surface area is 343 Å². The molecule has 0 amide bonds. The monoisotopic (exact) mass is 770 g/mol. The van der Waals surface area contributed by atoms with Gasteiger partial charge in [0.1, 0.15) is 0 Å². The smallest absolute Gasteiger partial charge is 0.235 e. The highest BCUT2D eigenvalue weighted by Gasteiger charge is 2.25. The van der Waals surface area contributed by atoms with Crippen molar-refractivity contribution in [2.45, 2.75) is 12.8 Å². The quantitative estimate of drug-likeness (QED) is 0.179. The van der Waals surface area contributed by atoms with E-state index in [-0.39, 0.29) is 0 Å². The number of hydrogen-bond acceptors (Lipinski definition) is 3. The van der Waals surface area contributed by atoms with E-state index in [1.54, 1.807) is 0 Å². The molecule has 1 aliphatic carbocycles. The van der Waals surface area contributed by atoms with Crippen LogP contribution in [0.2, 0.25) is 0 Å². The van der Waals surface area contributed by atoms with Crippen LogP contribution in [0.3, 0.4) is 0 Å². The average Bonchev–Trinajstić information content (AvgIpc) is 3.96. The van der Waals surface area contributed by atoms with Crippen LogP contribution >= 0.6 is 11.3 Å². The third-order valence-corrected chi connectivity index (χ3v) is 13.5. The zero-order valence-electron chi connectivity index (χ0n) is 31.9. The normalized spacial score (nSPS) is 12.9. The summed E-state index contributed by atoms with van der Waals surface area (Å²) in [5.41, 5.74) is 13.9. The molecule has 0 radical (unpaired) electrons. The largest absolute Gasteiger partial charge is 0.309 e. The van der Waals surface area contributed by atoms with Crippen LogP contribution in [0.15, 0.2) is 176 Å². The lowest BCUT2D eigenvalue weighted by Crippen LogP contribution is -2.06. The van der Waals surface area contributed by atoms with Crippen molar-refractivity contribution in [3.8, 4) is 34.0 Å². The van der Waals surface area contributed by atoms with Gasteiger partial charge in [-0.05, 0) is 90.2 Å². The van der Waals surface area contributed by atoms with Gasteiger partial charge in [0, 0.05) is 63.9 Å². The second-order valence-corrected chi connectivity index (χ2v) is 16.7. The fourth-order valence-electron chi connectivity index (χ4n) is 9.79. The van der Waals surface area contributed by atoms with Gasteiger partial charge in [-0.25, -0.2) is 9.97 Å². The number of allylic oxidation sites excluding steroid dienone is 1. The van der Waals surface area contributed by atoms with Crippen molar-refractivity contribution in [2.24, 2.45) is 0 Å². The maximum atomic E-state index is 5.54. The Kier molecular flexibility index (Phi) is 6.97. The van der Waals surface area contributed by atoms with Crippen molar-refractivity contribution >= 4 is 92.1 Å². The molecular weight excluding hydrogens is 737 g/mol. The zero-order valence-corrected chi connectivity index (χ0v) is 32.7. The molecule has 59 heavy (non-hydrogen) atoms. The molecular formula is C54H34N4S. The molecule has 12 aromatic rings. The first-order chi connectivity index (χ1) is 29.3. The molecule has 4 nitrogen and oxygen atoms in total. The second-order valence-electron chi connectivity index (χ2n) is 15.6. The topological polar surface area (TPSA) is 35.6 Å². The van der Waals surface area contributed by atoms with Gasteiger partial charge in [-0.2, -0.15) is 0 Å². The first kappa shape index (κ1) is 32.7. The molecule has 4 heterocycles. The molecule has 13 rings (SSSR count). The Morgan fingerprint density at radius 1 is 0.475 bits per heavy atom. The molecule has 0 unspecified atom stereocenters. The fourth-order valence-corrected chi connectivity index (χ4v) is 10.9. The van der Waals surface area contributed by atoms with Crippen LogP contribution in [0.5, 0.6) is 0 Å². The Morgan fingerprint density at radius 3 is 2.02 bits per heavy atom. The third-order valence-electron chi connectivity index (χ3n) is 12.4. The molecule has 0 bridgehead atoms. The minimum absolute atomic E-state index is 0.683. The highest BCUT2D eigenvalue weighted by atomic mass is 32.1. The Balaban J connectivity index is 1.07. The van der Waals surface area contributed by atoms with E-state index in [0.29, 0.717) is 5.95 Å². The molecule has 276 valence electrons. The van der Waals surface area contributed by atoms with Crippen LogP contribution in [0.4, 0.5) is 0 Å².